The number of aromatic amines is 1. The number of nitrogens with zero attached hydrogens (tertiary/aromatic N) is 2. The van der Waals surface area contributed by atoms with Crippen molar-refractivity contribution in [3.63, 3.8) is 0 Å². The van der Waals surface area contributed by atoms with Gasteiger partial charge in [-0.2, -0.15) is 0 Å². The Hall–Kier alpha value is -1.43. The molecule has 0 bridgehead atoms. The molecule has 0 spiro atoms. The van der Waals surface area contributed by atoms with E-state index in [4.69, 9.17) is 5.11 Å². The van der Waals surface area contributed by atoms with Crippen LogP contribution in [0.1, 0.15) is 11.9 Å². The molecular formula is C13H18N4O. The highest BCUT2D eigenvalue weighted by Crippen LogP contribution is 2.18. The lowest BCUT2D eigenvalue weighted by Gasteiger charge is -2.32. The summed E-state index contributed by atoms with van der Waals surface area (Å²) in [6, 6.07) is 8.29. The molecular weight excluding hydrogens is 228 g/mol. The smallest absolute Gasteiger partial charge is 0.125 e. The molecule has 1 saturated heterocycles. The van der Waals surface area contributed by atoms with Gasteiger partial charge in [-0.1, -0.05) is 12.1 Å². The number of piperazine rings is 1. The molecule has 1 atom stereocenters. The maximum absolute atomic E-state index is 9.00. The number of hydrogen-bond donors (Lipinski definition) is 3. The van der Waals surface area contributed by atoms with Gasteiger partial charge in [0.05, 0.1) is 23.7 Å². The lowest BCUT2D eigenvalue weighted by atomic mass is 10.2. The van der Waals surface area contributed by atoms with E-state index in [-0.39, 0.29) is 12.6 Å². The Bertz CT molecular complexity index is 489. The number of H-pyrrole nitrogens is 1. The fourth-order valence-electron chi connectivity index (χ4n) is 2.48. The van der Waals surface area contributed by atoms with Crippen molar-refractivity contribution >= 4 is 11.0 Å². The zero-order valence-corrected chi connectivity index (χ0v) is 10.3. The third kappa shape index (κ3) is 2.25. The standard InChI is InChI=1S/C13H18N4O/c18-8-7-17-6-5-14-12(9-17)13-15-10-3-1-2-4-11(10)16-13/h1-4,12,14,18H,5-9H2,(H,15,16). The van der Waals surface area contributed by atoms with Gasteiger partial charge >= 0.3 is 0 Å². The van der Waals surface area contributed by atoms with Crippen molar-refractivity contribution in [2.24, 2.45) is 0 Å². The second kappa shape index (κ2) is 5.06. The molecule has 0 saturated carbocycles. The molecule has 1 aliphatic rings. The number of benzene rings is 1. The van der Waals surface area contributed by atoms with Gasteiger partial charge in [0.15, 0.2) is 0 Å². The third-order valence-corrected chi connectivity index (χ3v) is 3.41. The van der Waals surface area contributed by atoms with Crippen LogP contribution in [-0.4, -0.2) is 52.8 Å². The molecule has 0 radical (unpaired) electrons. The number of aromatic nitrogens is 2. The number of nitrogens with one attached hydrogen (secondary N) is 2. The van der Waals surface area contributed by atoms with Gasteiger partial charge in [-0.15, -0.1) is 0 Å². The Morgan fingerprint density at radius 1 is 1.39 bits per heavy atom. The van der Waals surface area contributed by atoms with E-state index in [0.29, 0.717) is 0 Å². The molecule has 1 aromatic carbocycles. The summed E-state index contributed by atoms with van der Waals surface area (Å²) in [6.45, 7) is 3.75. The van der Waals surface area contributed by atoms with E-state index in [1.807, 2.05) is 24.3 Å². The normalized spacial score (nSPS) is 21.5. The first-order valence-electron chi connectivity index (χ1n) is 6.38. The van der Waals surface area contributed by atoms with Crippen LogP contribution in [0.5, 0.6) is 0 Å². The van der Waals surface area contributed by atoms with Crippen LogP contribution in [-0.2, 0) is 0 Å². The van der Waals surface area contributed by atoms with Gasteiger partial charge < -0.3 is 15.4 Å². The molecule has 1 unspecified atom stereocenters. The first-order chi connectivity index (χ1) is 8.86. The van der Waals surface area contributed by atoms with Gasteiger partial charge in [-0.3, -0.25) is 4.90 Å². The summed E-state index contributed by atoms with van der Waals surface area (Å²) >= 11 is 0. The van der Waals surface area contributed by atoms with E-state index in [0.717, 1.165) is 43.0 Å². The second-order valence-electron chi connectivity index (χ2n) is 4.67. The van der Waals surface area contributed by atoms with Crippen LogP contribution in [0.25, 0.3) is 11.0 Å². The van der Waals surface area contributed by atoms with Gasteiger partial charge in [0, 0.05) is 26.2 Å². The summed E-state index contributed by atoms with van der Waals surface area (Å²) in [4.78, 5) is 10.2. The van der Waals surface area contributed by atoms with Crippen molar-refractivity contribution in [3.8, 4) is 0 Å². The Kier molecular flexibility index (Phi) is 3.27. The van der Waals surface area contributed by atoms with Gasteiger partial charge in [0.25, 0.3) is 0 Å². The molecule has 3 rings (SSSR count). The summed E-state index contributed by atoms with van der Waals surface area (Å²) in [5.74, 6) is 0.985. The van der Waals surface area contributed by atoms with Crippen LogP contribution < -0.4 is 5.32 Å². The van der Waals surface area contributed by atoms with E-state index >= 15 is 0 Å². The van der Waals surface area contributed by atoms with Crippen molar-refractivity contribution in [1.82, 2.24) is 20.2 Å². The molecule has 1 fully saturated rings. The lowest BCUT2D eigenvalue weighted by Crippen LogP contribution is -2.46. The highest BCUT2D eigenvalue weighted by molar-refractivity contribution is 5.74. The minimum absolute atomic E-state index is 0.215. The zero-order valence-electron chi connectivity index (χ0n) is 10.3. The minimum Gasteiger partial charge on any atom is -0.395 e. The van der Waals surface area contributed by atoms with E-state index in [1.54, 1.807) is 0 Å². The van der Waals surface area contributed by atoms with Gasteiger partial charge in [-0.05, 0) is 12.1 Å². The zero-order chi connectivity index (χ0) is 12.4. The minimum atomic E-state index is 0.215. The molecule has 1 aliphatic heterocycles. The maximum atomic E-state index is 9.00. The average Bonchev–Trinajstić information content (AvgIpc) is 2.83. The number of β-amino-alcohol motifs (C(OH)–C–C–N with tert-alkyl or cyclic N) is 1. The number of fused-ring (bicyclic) bond motifs is 1. The van der Waals surface area contributed by atoms with Crippen LogP contribution in [0.4, 0.5) is 0 Å². The average molecular weight is 246 g/mol. The van der Waals surface area contributed by atoms with E-state index in [2.05, 4.69) is 20.2 Å². The molecule has 1 aromatic heterocycles. The van der Waals surface area contributed by atoms with Crippen LogP contribution in [0.3, 0.4) is 0 Å². The highest BCUT2D eigenvalue weighted by Gasteiger charge is 2.22. The molecule has 0 amide bonds. The van der Waals surface area contributed by atoms with Crippen LogP contribution >= 0.6 is 0 Å². The van der Waals surface area contributed by atoms with Crippen molar-refractivity contribution in [1.29, 1.82) is 0 Å². The Morgan fingerprint density at radius 2 is 2.28 bits per heavy atom. The largest absolute Gasteiger partial charge is 0.395 e. The van der Waals surface area contributed by atoms with Gasteiger partial charge in [-0.25, -0.2) is 4.98 Å². The molecule has 2 heterocycles. The molecule has 3 N–H and O–H groups in total. The summed E-state index contributed by atoms with van der Waals surface area (Å²) < 4.78 is 0. The molecule has 96 valence electrons. The van der Waals surface area contributed by atoms with Crippen LogP contribution in [0.15, 0.2) is 24.3 Å². The maximum Gasteiger partial charge on any atom is 0.125 e. The molecule has 18 heavy (non-hydrogen) atoms. The fourth-order valence-corrected chi connectivity index (χ4v) is 2.48. The number of imidazole rings is 1. The van der Waals surface area contributed by atoms with Crippen molar-refractivity contribution in [2.75, 3.05) is 32.8 Å². The Balaban J connectivity index is 1.80. The predicted octanol–water partition coefficient (Wildman–Crippen LogP) is 0.501. The SMILES string of the molecule is OCCN1CCNC(c2nc3ccccc3[nH]2)C1. The number of para-hydroxylation sites is 2. The Labute approximate surface area is 106 Å². The van der Waals surface area contributed by atoms with Crippen molar-refractivity contribution in [2.45, 2.75) is 6.04 Å². The summed E-state index contributed by atoms with van der Waals surface area (Å²) in [5, 5.41) is 12.5. The molecule has 5 heteroatoms. The van der Waals surface area contributed by atoms with Crippen molar-refractivity contribution < 1.29 is 5.11 Å². The number of hydrogen-bond acceptors (Lipinski definition) is 4. The van der Waals surface area contributed by atoms with Gasteiger partial charge in [0.2, 0.25) is 0 Å². The van der Waals surface area contributed by atoms with Crippen LogP contribution in [0, 0.1) is 0 Å². The van der Waals surface area contributed by atoms with E-state index in [1.165, 1.54) is 0 Å². The number of aliphatic hydroxyl groups is 1. The summed E-state index contributed by atoms with van der Waals surface area (Å²) in [6.07, 6.45) is 0. The van der Waals surface area contributed by atoms with E-state index in [9.17, 15) is 0 Å². The van der Waals surface area contributed by atoms with Crippen LogP contribution in [0.2, 0.25) is 0 Å². The monoisotopic (exact) mass is 246 g/mol. The van der Waals surface area contributed by atoms with Crippen molar-refractivity contribution in [3.05, 3.63) is 30.1 Å². The molecule has 0 aliphatic carbocycles. The number of aliphatic hydroxyl groups excluding tert-OH is 1. The van der Waals surface area contributed by atoms with E-state index < -0.39 is 0 Å². The molecule has 2 aromatic rings. The Morgan fingerprint density at radius 3 is 3.11 bits per heavy atom. The highest BCUT2D eigenvalue weighted by atomic mass is 16.3. The lowest BCUT2D eigenvalue weighted by molar-refractivity contribution is 0.155. The second-order valence-corrected chi connectivity index (χ2v) is 4.67. The third-order valence-electron chi connectivity index (χ3n) is 3.41. The predicted molar refractivity (Wildman–Crippen MR) is 70.4 cm³/mol. The summed E-state index contributed by atoms with van der Waals surface area (Å²) in [7, 11) is 0. The number of rotatable bonds is 3. The topological polar surface area (TPSA) is 64.2 Å². The molecule has 5 nitrogen and oxygen atoms in total. The quantitative estimate of drug-likeness (QED) is 0.738. The van der Waals surface area contributed by atoms with Gasteiger partial charge in [0.1, 0.15) is 5.82 Å². The first kappa shape index (κ1) is 11.6. The first-order valence-corrected chi connectivity index (χ1v) is 6.38. The summed E-state index contributed by atoms with van der Waals surface area (Å²) in [5.41, 5.74) is 2.09. The fraction of sp³-hybridized carbons (Fsp3) is 0.462.